The average Bonchev–Trinajstić information content (AvgIpc) is 2.91. The van der Waals surface area contributed by atoms with Crippen LogP contribution < -0.4 is 0 Å². The van der Waals surface area contributed by atoms with Crippen molar-refractivity contribution in [2.75, 3.05) is 0 Å². The number of rotatable bonds is 2. The van der Waals surface area contributed by atoms with E-state index in [1.807, 2.05) is 11.3 Å². The molecule has 0 radical (unpaired) electrons. The molecule has 0 unspecified atom stereocenters. The van der Waals surface area contributed by atoms with Crippen molar-refractivity contribution in [1.29, 1.82) is 0 Å². The van der Waals surface area contributed by atoms with E-state index in [0.29, 0.717) is 11.8 Å². The molecule has 0 amide bonds. The smallest absolute Gasteiger partial charge is 0.0964 e. The second-order valence-electron chi connectivity index (χ2n) is 5.46. The summed E-state index contributed by atoms with van der Waals surface area (Å²) >= 11 is 1.82. The molecule has 1 aromatic carbocycles. The van der Waals surface area contributed by atoms with E-state index in [0.717, 1.165) is 5.52 Å². The van der Waals surface area contributed by atoms with Crippen LogP contribution in [-0.2, 0) is 0 Å². The van der Waals surface area contributed by atoms with Gasteiger partial charge in [-0.2, -0.15) is 0 Å². The van der Waals surface area contributed by atoms with Crippen molar-refractivity contribution in [1.82, 2.24) is 9.97 Å². The molecule has 0 aliphatic carbocycles. The lowest BCUT2D eigenvalue weighted by Gasteiger charge is -1.98. The quantitative estimate of drug-likeness (QED) is 0.686. The second-order valence-corrected chi connectivity index (χ2v) is 6.49. The summed E-state index contributed by atoms with van der Waals surface area (Å²) in [6, 6.07) is 6.57. The number of H-pyrrole nitrogens is 1. The van der Waals surface area contributed by atoms with Crippen molar-refractivity contribution >= 4 is 32.5 Å². The van der Waals surface area contributed by atoms with Gasteiger partial charge < -0.3 is 4.98 Å². The van der Waals surface area contributed by atoms with E-state index >= 15 is 0 Å². The molecule has 0 atom stereocenters. The maximum atomic E-state index is 4.71. The summed E-state index contributed by atoms with van der Waals surface area (Å²) < 4.78 is 1.29. The molecule has 1 N–H and O–H groups in total. The van der Waals surface area contributed by atoms with Gasteiger partial charge in [0.2, 0.25) is 0 Å². The summed E-state index contributed by atoms with van der Waals surface area (Å²) in [5.41, 5.74) is 3.67. The van der Waals surface area contributed by atoms with Gasteiger partial charge in [0, 0.05) is 17.0 Å². The number of thiazole rings is 1. The molecule has 94 valence electrons. The van der Waals surface area contributed by atoms with Gasteiger partial charge >= 0.3 is 0 Å². The van der Waals surface area contributed by atoms with Gasteiger partial charge in [-0.25, -0.2) is 4.98 Å². The largest absolute Gasteiger partial charge is 0.357 e. The molecular formula is C15H18N2S. The first kappa shape index (κ1) is 11.7. The van der Waals surface area contributed by atoms with Gasteiger partial charge in [-0.15, -0.1) is 11.3 Å². The third-order valence-corrected chi connectivity index (χ3v) is 4.69. The van der Waals surface area contributed by atoms with Gasteiger partial charge in [-0.05, 0) is 18.1 Å². The molecule has 2 nitrogen and oxygen atoms in total. The van der Waals surface area contributed by atoms with Crippen LogP contribution in [0.3, 0.4) is 0 Å². The Balaban J connectivity index is 2.30. The fourth-order valence-corrected chi connectivity index (χ4v) is 3.26. The third kappa shape index (κ3) is 1.74. The fraction of sp³-hybridized carbons (Fsp3) is 0.400. The standard InChI is InChI=1S/C15H18N2S/c1-8(2)12-7-10-5-6-11-14(13(10)16-12)18-15(17-11)9(3)4/h5-9,16H,1-4H3. The Hall–Kier alpha value is -1.35. The third-order valence-electron chi connectivity index (χ3n) is 3.30. The van der Waals surface area contributed by atoms with Crippen molar-refractivity contribution in [2.45, 2.75) is 39.5 Å². The van der Waals surface area contributed by atoms with Crippen LogP contribution in [0.4, 0.5) is 0 Å². The van der Waals surface area contributed by atoms with Gasteiger partial charge in [0.05, 0.1) is 20.7 Å². The highest BCUT2D eigenvalue weighted by Gasteiger charge is 2.12. The van der Waals surface area contributed by atoms with E-state index < -0.39 is 0 Å². The molecule has 0 fully saturated rings. The van der Waals surface area contributed by atoms with Crippen molar-refractivity contribution in [3.63, 3.8) is 0 Å². The lowest BCUT2D eigenvalue weighted by molar-refractivity contribution is 0.837. The molecule has 3 aromatic rings. The predicted octanol–water partition coefficient (Wildman–Crippen LogP) is 5.02. The zero-order chi connectivity index (χ0) is 12.9. The van der Waals surface area contributed by atoms with Crippen LogP contribution in [0.25, 0.3) is 21.1 Å². The topological polar surface area (TPSA) is 28.7 Å². The number of nitrogens with one attached hydrogen (secondary N) is 1. The lowest BCUT2D eigenvalue weighted by Crippen LogP contribution is -1.84. The van der Waals surface area contributed by atoms with Crippen LogP contribution in [0.2, 0.25) is 0 Å². The average molecular weight is 258 g/mol. The number of benzene rings is 1. The molecule has 0 aliphatic rings. The van der Waals surface area contributed by atoms with E-state index in [2.05, 4.69) is 50.9 Å². The molecule has 0 spiro atoms. The number of hydrogen-bond acceptors (Lipinski definition) is 2. The van der Waals surface area contributed by atoms with Crippen molar-refractivity contribution < 1.29 is 0 Å². The number of nitrogens with zero attached hydrogens (tertiary/aromatic N) is 1. The molecule has 0 saturated heterocycles. The summed E-state index contributed by atoms with van der Waals surface area (Å²) in [5, 5.41) is 2.52. The molecular weight excluding hydrogens is 240 g/mol. The van der Waals surface area contributed by atoms with Crippen LogP contribution in [0.15, 0.2) is 18.2 Å². The van der Waals surface area contributed by atoms with Gasteiger partial charge in [-0.3, -0.25) is 0 Å². The molecule has 0 bridgehead atoms. The lowest BCUT2D eigenvalue weighted by atomic mass is 10.1. The predicted molar refractivity (Wildman–Crippen MR) is 79.7 cm³/mol. The number of hydrogen-bond donors (Lipinski definition) is 1. The Morgan fingerprint density at radius 3 is 2.56 bits per heavy atom. The van der Waals surface area contributed by atoms with E-state index in [-0.39, 0.29) is 0 Å². The maximum absolute atomic E-state index is 4.71. The minimum absolute atomic E-state index is 0.497. The first-order valence-corrected chi connectivity index (χ1v) is 7.30. The SMILES string of the molecule is CC(C)c1cc2ccc3nc(C(C)C)sc3c2[nH]1. The van der Waals surface area contributed by atoms with Crippen LogP contribution in [-0.4, -0.2) is 9.97 Å². The van der Waals surface area contributed by atoms with Crippen molar-refractivity contribution in [3.05, 3.63) is 28.9 Å². The summed E-state index contributed by atoms with van der Waals surface area (Å²) in [6.45, 7) is 8.83. The summed E-state index contributed by atoms with van der Waals surface area (Å²) in [4.78, 5) is 8.28. The van der Waals surface area contributed by atoms with E-state index in [1.54, 1.807) is 0 Å². The number of fused-ring (bicyclic) bond motifs is 3. The molecule has 3 rings (SSSR count). The minimum atomic E-state index is 0.497. The van der Waals surface area contributed by atoms with Crippen LogP contribution in [0.5, 0.6) is 0 Å². The first-order valence-electron chi connectivity index (χ1n) is 6.48. The number of aromatic nitrogens is 2. The Morgan fingerprint density at radius 2 is 1.89 bits per heavy atom. The molecule has 2 heterocycles. The molecule has 18 heavy (non-hydrogen) atoms. The van der Waals surface area contributed by atoms with Crippen molar-refractivity contribution in [2.24, 2.45) is 0 Å². The summed E-state index contributed by atoms with van der Waals surface area (Å²) in [5.74, 6) is 1.03. The summed E-state index contributed by atoms with van der Waals surface area (Å²) in [6.07, 6.45) is 0. The highest BCUT2D eigenvalue weighted by Crippen LogP contribution is 2.34. The molecule has 0 aliphatic heterocycles. The van der Waals surface area contributed by atoms with E-state index in [4.69, 9.17) is 4.98 Å². The Kier molecular flexibility index (Phi) is 2.67. The monoisotopic (exact) mass is 258 g/mol. The first-order chi connectivity index (χ1) is 8.56. The minimum Gasteiger partial charge on any atom is -0.357 e. The Morgan fingerprint density at radius 1 is 1.11 bits per heavy atom. The summed E-state index contributed by atoms with van der Waals surface area (Å²) in [7, 11) is 0. The maximum Gasteiger partial charge on any atom is 0.0964 e. The fourth-order valence-electron chi connectivity index (χ4n) is 2.18. The highest BCUT2D eigenvalue weighted by atomic mass is 32.1. The zero-order valence-corrected chi connectivity index (χ0v) is 12.1. The Labute approximate surface area is 111 Å². The Bertz CT molecular complexity index is 642. The van der Waals surface area contributed by atoms with Crippen molar-refractivity contribution in [3.8, 4) is 0 Å². The van der Waals surface area contributed by atoms with Crippen LogP contribution in [0.1, 0.15) is 50.2 Å². The van der Waals surface area contributed by atoms with Crippen LogP contribution >= 0.6 is 11.3 Å². The van der Waals surface area contributed by atoms with E-state index in [9.17, 15) is 0 Å². The molecule has 0 saturated carbocycles. The second kappa shape index (κ2) is 4.09. The number of aromatic amines is 1. The highest BCUT2D eigenvalue weighted by molar-refractivity contribution is 7.19. The van der Waals surface area contributed by atoms with Gasteiger partial charge in [-0.1, -0.05) is 33.8 Å². The van der Waals surface area contributed by atoms with Crippen LogP contribution in [0, 0.1) is 0 Å². The van der Waals surface area contributed by atoms with Gasteiger partial charge in [0.1, 0.15) is 0 Å². The normalized spacial score (nSPS) is 12.3. The molecule has 2 aromatic heterocycles. The van der Waals surface area contributed by atoms with E-state index in [1.165, 1.54) is 26.3 Å². The van der Waals surface area contributed by atoms with Gasteiger partial charge in [0.25, 0.3) is 0 Å². The van der Waals surface area contributed by atoms with Gasteiger partial charge in [0.15, 0.2) is 0 Å². The molecule has 3 heteroatoms. The zero-order valence-electron chi connectivity index (χ0n) is 11.2.